The van der Waals surface area contributed by atoms with Crippen LogP contribution in [0.15, 0.2) is 127 Å². The summed E-state index contributed by atoms with van der Waals surface area (Å²) < 4.78 is 116. The number of aryl methyl sites for hydroxylation is 1. The standard InChI is InChI=1S/C34H24N2/c1-23-35-31-21-11-12-22-32(31)36(23)34-29-19-9-7-17-27(29)33(28-18-8-10-20-30(28)34)26-16-6-5-15-25(26)24-13-3-2-4-14-24/h2-22H,1H3/i2D,3D,4D,7D,8D,9D,10D,13D,14D,17D,18D,19D,20D. The van der Waals surface area contributed by atoms with Crippen molar-refractivity contribution in [2.24, 2.45) is 0 Å². The lowest BCUT2D eigenvalue weighted by Gasteiger charge is -2.20. The molecule has 7 rings (SSSR count). The number of nitrogens with zero attached hydrogens (tertiary/aromatic N) is 2. The first-order valence-corrected chi connectivity index (χ1v) is 11.3. The van der Waals surface area contributed by atoms with E-state index < -0.39 is 78.6 Å². The summed E-state index contributed by atoms with van der Waals surface area (Å²) in [5.41, 5.74) is 1.25. The number of imidazole rings is 1. The normalized spacial score (nSPS) is 16.5. The van der Waals surface area contributed by atoms with E-state index in [1.54, 1.807) is 54.0 Å². The van der Waals surface area contributed by atoms with E-state index in [1.165, 1.54) is 6.07 Å². The number of hydrogen-bond acceptors (Lipinski definition) is 1. The van der Waals surface area contributed by atoms with E-state index in [-0.39, 0.29) is 49.5 Å². The maximum absolute atomic E-state index is 9.24. The van der Waals surface area contributed by atoms with Gasteiger partial charge in [-0.3, -0.25) is 4.57 Å². The minimum atomic E-state index is -0.595. The molecule has 36 heavy (non-hydrogen) atoms. The molecule has 0 aliphatic rings. The van der Waals surface area contributed by atoms with Gasteiger partial charge in [0.2, 0.25) is 0 Å². The predicted octanol–water partition coefficient (Wildman–Crippen LogP) is 8.97. The zero-order valence-corrected chi connectivity index (χ0v) is 19.0. The second-order valence-electron chi connectivity index (χ2n) is 8.25. The Morgan fingerprint density at radius 1 is 0.611 bits per heavy atom. The van der Waals surface area contributed by atoms with E-state index in [4.69, 9.17) is 12.3 Å². The van der Waals surface area contributed by atoms with Gasteiger partial charge < -0.3 is 0 Å². The molecule has 0 N–H and O–H groups in total. The lowest BCUT2D eigenvalue weighted by atomic mass is 9.87. The Morgan fingerprint density at radius 2 is 1.17 bits per heavy atom. The second kappa shape index (κ2) is 8.21. The molecule has 1 heterocycles. The van der Waals surface area contributed by atoms with Gasteiger partial charge in [0, 0.05) is 10.8 Å². The molecule has 0 saturated heterocycles. The van der Waals surface area contributed by atoms with Crippen LogP contribution in [0.25, 0.3) is 60.5 Å². The maximum atomic E-state index is 9.24. The molecular weight excluding hydrogens is 436 g/mol. The number of benzene rings is 6. The molecule has 0 atom stereocenters. The predicted molar refractivity (Wildman–Crippen MR) is 152 cm³/mol. The van der Waals surface area contributed by atoms with E-state index in [1.807, 2.05) is 0 Å². The van der Waals surface area contributed by atoms with Gasteiger partial charge in [0.15, 0.2) is 0 Å². The van der Waals surface area contributed by atoms with Crippen molar-refractivity contribution in [2.75, 3.05) is 0 Å². The molecule has 0 fully saturated rings. The summed E-state index contributed by atoms with van der Waals surface area (Å²) in [5.74, 6) is 0.399. The fourth-order valence-electron chi connectivity index (χ4n) is 4.83. The van der Waals surface area contributed by atoms with Crippen LogP contribution in [0.3, 0.4) is 0 Å². The minimum Gasteiger partial charge on any atom is -0.295 e. The van der Waals surface area contributed by atoms with Crippen molar-refractivity contribution in [3.8, 4) is 27.9 Å². The summed E-state index contributed by atoms with van der Waals surface area (Å²) in [6, 6.07) is 6.35. The molecule has 7 aromatic rings. The molecule has 2 nitrogen and oxygen atoms in total. The molecule has 1 aromatic heterocycles. The van der Waals surface area contributed by atoms with Gasteiger partial charge in [-0.05, 0) is 52.1 Å². The van der Waals surface area contributed by atoms with Gasteiger partial charge in [0.25, 0.3) is 0 Å². The second-order valence-corrected chi connectivity index (χ2v) is 8.25. The molecule has 0 bridgehead atoms. The number of fused-ring (bicyclic) bond motifs is 3. The number of para-hydroxylation sites is 2. The zero-order chi connectivity index (χ0) is 35.4. The largest absolute Gasteiger partial charge is 0.295 e. The first-order chi connectivity index (χ1) is 23.2. The monoisotopic (exact) mass is 473 g/mol. The maximum Gasteiger partial charge on any atom is 0.111 e. The highest BCUT2D eigenvalue weighted by Gasteiger charge is 2.20. The number of aromatic nitrogens is 2. The first-order valence-electron chi connectivity index (χ1n) is 17.8. The van der Waals surface area contributed by atoms with Gasteiger partial charge in [0.1, 0.15) is 5.82 Å². The Kier molecular flexibility index (Phi) is 2.59. The molecule has 0 unspecified atom stereocenters. The third-order valence-corrected chi connectivity index (χ3v) is 6.27. The van der Waals surface area contributed by atoms with Gasteiger partial charge >= 0.3 is 0 Å². The van der Waals surface area contributed by atoms with Crippen molar-refractivity contribution in [2.45, 2.75) is 6.92 Å². The van der Waals surface area contributed by atoms with Gasteiger partial charge in [-0.15, -0.1) is 0 Å². The third-order valence-electron chi connectivity index (χ3n) is 6.27. The molecule has 0 spiro atoms. The van der Waals surface area contributed by atoms with E-state index in [2.05, 4.69) is 4.98 Å². The Morgan fingerprint density at radius 3 is 1.86 bits per heavy atom. The highest BCUT2D eigenvalue weighted by Crippen LogP contribution is 2.44. The molecule has 0 radical (unpaired) electrons. The molecule has 0 aliphatic carbocycles. The summed E-state index contributed by atoms with van der Waals surface area (Å²) >= 11 is 0. The van der Waals surface area contributed by atoms with Crippen LogP contribution in [-0.4, -0.2) is 9.55 Å². The van der Waals surface area contributed by atoms with E-state index >= 15 is 0 Å². The molecular formula is C34H24N2. The Bertz CT molecular complexity index is 2500. The van der Waals surface area contributed by atoms with Crippen LogP contribution >= 0.6 is 0 Å². The van der Waals surface area contributed by atoms with Crippen LogP contribution in [0.1, 0.15) is 23.6 Å². The van der Waals surface area contributed by atoms with Gasteiger partial charge in [0.05, 0.1) is 34.5 Å². The van der Waals surface area contributed by atoms with Crippen LogP contribution in [0.4, 0.5) is 0 Å². The molecule has 0 saturated carbocycles. The lowest BCUT2D eigenvalue weighted by molar-refractivity contribution is 1.02. The van der Waals surface area contributed by atoms with Crippen molar-refractivity contribution in [1.29, 1.82) is 0 Å². The van der Waals surface area contributed by atoms with Crippen molar-refractivity contribution >= 4 is 32.6 Å². The van der Waals surface area contributed by atoms with Crippen molar-refractivity contribution in [3.05, 3.63) is 133 Å². The highest BCUT2D eigenvalue weighted by molar-refractivity contribution is 6.19. The van der Waals surface area contributed by atoms with Crippen LogP contribution < -0.4 is 0 Å². The zero-order valence-electron chi connectivity index (χ0n) is 32.0. The first kappa shape index (κ1) is 11.4. The minimum absolute atomic E-state index is 0.00256. The van der Waals surface area contributed by atoms with E-state index in [0.29, 0.717) is 16.9 Å². The fourth-order valence-corrected chi connectivity index (χ4v) is 4.83. The van der Waals surface area contributed by atoms with Crippen molar-refractivity contribution in [1.82, 2.24) is 9.55 Å². The Hall–Kier alpha value is -4.69. The molecule has 0 amide bonds. The van der Waals surface area contributed by atoms with Crippen LogP contribution in [0.2, 0.25) is 0 Å². The molecule has 0 aliphatic heterocycles. The van der Waals surface area contributed by atoms with Crippen molar-refractivity contribution in [3.63, 3.8) is 0 Å². The van der Waals surface area contributed by atoms with Crippen LogP contribution in [0.5, 0.6) is 0 Å². The Balaban J connectivity index is 1.85. The van der Waals surface area contributed by atoms with Crippen LogP contribution in [-0.2, 0) is 0 Å². The van der Waals surface area contributed by atoms with Crippen molar-refractivity contribution < 1.29 is 17.8 Å². The van der Waals surface area contributed by atoms with E-state index in [9.17, 15) is 5.48 Å². The topological polar surface area (TPSA) is 17.8 Å². The summed E-state index contributed by atoms with van der Waals surface area (Å²) in [5, 5.41) is -0.229. The van der Waals surface area contributed by atoms with Gasteiger partial charge in [-0.2, -0.15) is 0 Å². The molecule has 170 valence electrons. The van der Waals surface area contributed by atoms with E-state index in [0.717, 1.165) is 0 Å². The number of hydrogen-bond donors (Lipinski definition) is 0. The third kappa shape index (κ3) is 3.08. The smallest absolute Gasteiger partial charge is 0.111 e. The molecule has 2 heteroatoms. The van der Waals surface area contributed by atoms with Crippen LogP contribution in [0, 0.1) is 6.92 Å². The summed E-state index contributed by atoms with van der Waals surface area (Å²) in [6.07, 6.45) is 0. The van der Waals surface area contributed by atoms with Gasteiger partial charge in [-0.1, -0.05) is 115 Å². The lowest BCUT2D eigenvalue weighted by Crippen LogP contribution is -2.01. The number of rotatable bonds is 3. The summed E-state index contributed by atoms with van der Waals surface area (Å²) in [4.78, 5) is 4.65. The SMILES string of the molecule is [2H]c1c([2H])c([2H])c(-c2ccccc2-c2c3c([2H])c([2H])c([2H])c([2H])c3c(-n3c(C)nc4ccccc43)c3c([2H])c([2H])c([2H])c([2H])c23)c([2H])c1[2H]. The Labute approximate surface area is 228 Å². The summed E-state index contributed by atoms with van der Waals surface area (Å²) in [6.45, 7) is 1.69. The average Bonchev–Trinajstić information content (AvgIpc) is 3.43. The highest BCUT2D eigenvalue weighted by atomic mass is 15.1. The molecule has 6 aromatic carbocycles. The quantitative estimate of drug-likeness (QED) is 0.234. The summed E-state index contributed by atoms with van der Waals surface area (Å²) in [7, 11) is 0. The average molecular weight is 474 g/mol. The fraction of sp³-hybridized carbons (Fsp3) is 0.0294. The van der Waals surface area contributed by atoms with Gasteiger partial charge in [-0.25, -0.2) is 4.98 Å².